The minimum absolute atomic E-state index is 0.0828. The summed E-state index contributed by atoms with van der Waals surface area (Å²) in [6.45, 7) is 3.19. The maximum atomic E-state index is 11.9. The number of phenols is 1. The Morgan fingerprint density at radius 1 is 1.39 bits per heavy atom. The van der Waals surface area contributed by atoms with Gasteiger partial charge in [-0.2, -0.15) is 0 Å². The molecule has 0 aliphatic rings. The van der Waals surface area contributed by atoms with Crippen LogP contribution >= 0.6 is 11.6 Å². The molecule has 1 aromatic carbocycles. The first kappa shape index (κ1) is 14.3. The van der Waals surface area contributed by atoms with Crippen molar-refractivity contribution in [3.63, 3.8) is 0 Å². The Hall–Kier alpha value is -1.75. The third-order valence-corrected chi connectivity index (χ3v) is 2.57. The summed E-state index contributed by atoms with van der Waals surface area (Å²) >= 11 is 5.84. The maximum absolute atomic E-state index is 11.9. The van der Waals surface area contributed by atoms with E-state index in [1.54, 1.807) is 13.8 Å². The molecule has 0 fully saturated rings. The van der Waals surface area contributed by atoms with Gasteiger partial charge in [-0.05, 0) is 32.0 Å². The summed E-state index contributed by atoms with van der Waals surface area (Å²) in [7, 11) is 0. The van der Waals surface area contributed by atoms with Crippen LogP contribution in [0.3, 0.4) is 0 Å². The quantitative estimate of drug-likeness (QED) is 0.782. The van der Waals surface area contributed by atoms with Gasteiger partial charge in [0.25, 0.3) is 5.91 Å². The van der Waals surface area contributed by atoms with Crippen LogP contribution in [0.1, 0.15) is 30.6 Å². The minimum Gasteiger partial charge on any atom is -0.508 e. The van der Waals surface area contributed by atoms with Gasteiger partial charge < -0.3 is 15.5 Å². The van der Waals surface area contributed by atoms with Gasteiger partial charge in [-0.3, -0.25) is 9.59 Å². The second kappa shape index (κ2) is 5.27. The normalized spacial score (nSPS) is 11.1. The molecule has 1 aromatic rings. The first-order valence-corrected chi connectivity index (χ1v) is 5.62. The predicted molar refractivity (Wildman–Crippen MR) is 66.9 cm³/mol. The second-order valence-electron chi connectivity index (χ2n) is 4.57. The number of aliphatic carboxylic acids is 1. The first-order valence-electron chi connectivity index (χ1n) is 5.24. The van der Waals surface area contributed by atoms with Crippen molar-refractivity contribution in [3.8, 4) is 5.75 Å². The van der Waals surface area contributed by atoms with Crippen LogP contribution in [0.5, 0.6) is 5.75 Å². The third kappa shape index (κ3) is 3.92. The average molecular weight is 272 g/mol. The van der Waals surface area contributed by atoms with Gasteiger partial charge in [-0.25, -0.2) is 0 Å². The monoisotopic (exact) mass is 271 g/mol. The van der Waals surface area contributed by atoms with Gasteiger partial charge in [0.2, 0.25) is 0 Å². The molecule has 0 radical (unpaired) electrons. The highest BCUT2D eigenvalue weighted by Gasteiger charge is 2.25. The van der Waals surface area contributed by atoms with Gasteiger partial charge in [-0.1, -0.05) is 11.6 Å². The number of hydrogen-bond donors (Lipinski definition) is 3. The van der Waals surface area contributed by atoms with E-state index in [4.69, 9.17) is 16.7 Å². The smallest absolute Gasteiger partial charge is 0.305 e. The van der Waals surface area contributed by atoms with E-state index in [2.05, 4.69) is 5.32 Å². The lowest BCUT2D eigenvalue weighted by Crippen LogP contribution is -2.45. The predicted octanol–water partition coefficient (Wildman–Crippen LogP) is 2.03. The summed E-state index contributed by atoms with van der Waals surface area (Å²) in [4.78, 5) is 22.6. The Labute approximate surface area is 109 Å². The molecule has 0 aromatic heterocycles. The molecule has 0 saturated heterocycles. The van der Waals surface area contributed by atoms with Crippen molar-refractivity contribution >= 4 is 23.5 Å². The van der Waals surface area contributed by atoms with E-state index in [1.807, 2.05) is 0 Å². The number of hydrogen-bond acceptors (Lipinski definition) is 3. The van der Waals surface area contributed by atoms with E-state index < -0.39 is 17.4 Å². The molecular weight excluding hydrogens is 258 g/mol. The van der Waals surface area contributed by atoms with Crippen LogP contribution in [0.15, 0.2) is 18.2 Å². The largest absolute Gasteiger partial charge is 0.508 e. The highest BCUT2D eigenvalue weighted by molar-refractivity contribution is 6.33. The van der Waals surface area contributed by atoms with E-state index in [9.17, 15) is 14.7 Å². The number of phenolic OH excluding ortho intramolecular Hbond substituents is 1. The topological polar surface area (TPSA) is 86.6 Å². The summed E-state index contributed by atoms with van der Waals surface area (Å²) in [5.41, 5.74) is -0.798. The zero-order valence-corrected chi connectivity index (χ0v) is 10.8. The molecule has 0 atom stereocenters. The summed E-state index contributed by atoms with van der Waals surface area (Å²) in [6.07, 6.45) is -0.213. The number of carboxylic acid groups (broad SMARTS) is 1. The Balaban J connectivity index is 2.88. The van der Waals surface area contributed by atoms with E-state index >= 15 is 0 Å². The maximum Gasteiger partial charge on any atom is 0.305 e. The standard InChI is InChI=1S/C12H14ClNO4/c1-12(2,6-10(16)17)14-11(18)8-5-7(15)3-4-9(8)13/h3-5,15H,6H2,1-2H3,(H,14,18)(H,16,17). The second-order valence-corrected chi connectivity index (χ2v) is 4.98. The SMILES string of the molecule is CC(C)(CC(=O)O)NC(=O)c1cc(O)ccc1Cl. The molecule has 0 spiro atoms. The van der Waals surface area contributed by atoms with Crippen molar-refractivity contribution in [2.75, 3.05) is 0 Å². The fourth-order valence-corrected chi connectivity index (χ4v) is 1.69. The van der Waals surface area contributed by atoms with Crippen molar-refractivity contribution in [1.29, 1.82) is 0 Å². The van der Waals surface area contributed by atoms with Crippen LogP contribution in [-0.2, 0) is 4.79 Å². The van der Waals surface area contributed by atoms with E-state index in [1.165, 1.54) is 18.2 Å². The van der Waals surface area contributed by atoms with Crippen molar-refractivity contribution in [2.24, 2.45) is 0 Å². The van der Waals surface area contributed by atoms with Gasteiger partial charge in [0.05, 0.1) is 17.0 Å². The third-order valence-electron chi connectivity index (χ3n) is 2.24. The van der Waals surface area contributed by atoms with Crippen LogP contribution in [0.4, 0.5) is 0 Å². The number of carbonyl (C=O) groups excluding carboxylic acids is 1. The van der Waals surface area contributed by atoms with E-state index in [-0.39, 0.29) is 22.8 Å². The average Bonchev–Trinajstić information content (AvgIpc) is 2.18. The van der Waals surface area contributed by atoms with Gasteiger partial charge in [0.1, 0.15) is 5.75 Å². The first-order chi connectivity index (χ1) is 8.21. The van der Waals surface area contributed by atoms with Gasteiger partial charge in [-0.15, -0.1) is 0 Å². The molecule has 6 heteroatoms. The highest BCUT2D eigenvalue weighted by Crippen LogP contribution is 2.22. The number of carbonyl (C=O) groups is 2. The molecule has 18 heavy (non-hydrogen) atoms. The van der Waals surface area contributed by atoms with Crippen LogP contribution in [0, 0.1) is 0 Å². The summed E-state index contributed by atoms with van der Waals surface area (Å²) in [6, 6.07) is 3.99. The number of nitrogens with one attached hydrogen (secondary N) is 1. The van der Waals surface area contributed by atoms with Crippen molar-refractivity contribution in [3.05, 3.63) is 28.8 Å². The fourth-order valence-electron chi connectivity index (χ4n) is 1.48. The van der Waals surface area contributed by atoms with E-state index in [0.29, 0.717) is 0 Å². The lowest BCUT2D eigenvalue weighted by Gasteiger charge is -2.24. The Bertz CT molecular complexity index is 485. The van der Waals surface area contributed by atoms with Crippen molar-refractivity contribution in [1.82, 2.24) is 5.32 Å². The summed E-state index contributed by atoms with van der Waals surface area (Å²) < 4.78 is 0. The van der Waals surface area contributed by atoms with Gasteiger partial charge in [0.15, 0.2) is 0 Å². The summed E-state index contributed by atoms with van der Waals surface area (Å²) in [5.74, 6) is -1.62. The van der Waals surface area contributed by atoms with Crippen LogP contribution < -0.4 is 5.32 Å². The molecule has 0 unspecified atom stereocenters. The van der Waals surface area contributed by atoms with E-state index in [0.717, 1.165) is 0 Å². The highest BCUT2D eigenvalue weighted by atomic mass is 35.5. The number of rotatable bonds is 4. The fraction of sp³-hybridized carbons (Fsp3) is 0.333. The van der Waals surface area contributed by atoms with Crippen molar-refractivity contribution in [2.45, 2.75) is 25.8 Å². The van der Waals surface area contributed by atoms with Crippen molar-refractivity contribution < 1.29 is 19.8 Å². The molecule has 1 amide bonds. The molecule has 0 bridgehead atoms. The van der Waals surface area contributed by atoms with Gasteiger partial charge >= 0.3 is 5.97 Å². The molecule has 0 heterocycles. The summed E-state index contributed by atoms with van der Waals surface area (Å²) in [5, 5.41) is 20.8. The lowest BCUT2D eigenvalue weighted by atomic mass is 10.00. The molecular formula is C12H14ClNO4. The number of amides is 1. The lowest BCUT2D eigenvalue weighted by molar-refractivity contribution is -0.138. The van der Waals surface area contributed by atoms with Gasteiger partial charge in [0, 0.05) is 5.54 Å². The number of benzene rings is 1. The van der Waals surface area contributed by atoms with Crippen LogP contribution in [-0.4, -0.2) is 27.6 Å². The zero-order valence-electron chi connectivity index (χ0n) is 10.0. The molecule has 5 nitrogen and oxygen atoms in total. The number of aromatic hydroxyl groups is 1. The Morgan fingerprint density at radius 2 is 2.00 bits per heavy atom. The molecule has 0 saturated carbocycles. The number of halogens is 1. The molecule has 0 aliphatic heterocycles. The molecule has 1 rings (SSSR count). The molecule has 98 valence electrons. The Morgan fingerprint density at radius 3 is 2.56 bits per heavy atom. The minimum atomic E-state index is -1.01. The Kier molecular flexibility index (Phi) is 4.19. The van der Waals surface area contributed by atoms with Crippen LogP contribution in [0.2, 0.25) is 5.02 Å². The molecule has 3 N–H and O–H groups in total. The zero-order chi connectivity index (χ0) is 13.9. The molecule has 0 aliphatic carbocycles. The van der Waals surface area contributed by atoms with Crippen LogP contribution in [0.25, 0.3) is 0 Å². The number of carboxylic acids is 1.